The standard InChI is InChI=1S/C18H20N4O5S/c23-15-18(16(24)21(7-2-8-28)17(25)19-15)10-11-9-12(22(26)27)4-5-13(11)20-6-1-3-14(18)20/h4-5,9,14,28H,1-3,6-8,10H2,(H,19,23,25)/t14-,18-/m1/s1. The maximum Gasteiger partial charge on any atom is 0.330 e. The molecule has 0 unspecified atom stereocenters. The van der Waals surface area contributed by atoms with Gasteiger partial charge in [-0.1, -0.05) is 0 Å². The van der Waals surface area contributed by atoms with E-state index in [1.165, 1.54) is 12.1 Å². The number of carbonyl (C=O) groups excluding carboxylic acids is 3. The SMILES string of the molecule is O=C1NC(=O)[C@]2(Cc3cc([N+](=O)[O-])ccc3N3CCC[C@@H]32)C(=O)N1CCCS. The Balaban J connectivity index is 1.82. The molecule has 10 heteroatoms. The molecular formula is C18H20N4O5S. The zero-order chi connectivity index (χ0) is 20.1. The summed E-state index contributed by atoms with van der Waals surface area (Å²) in [5, 5.41) is 13.6. The van der Waals surface area contributed by atoms with E-state index in [1.807, 2.05) is 4.90 Å². The summed E-state index contributed by atoms with van der Waals surface area (Å²) in [6, 6.07) is 3.48. The number of benzene rings is 1. The van der Waals surface area contributed by atoms with E-state index in [0.717, 1.165) is 17.0 Å². The number of nitrogens with zero attached hydrogens (tertiary/aromatic N) is 3. The molecule has 1 spiro atoms. The molecule has 3 heterocycles. The molecule has 0 saturated carbocycles. The molecule has 3 aliphatic rings. The molecule has 3 aliphatic heterocycles. The number of fused-ring (bicyclic) bond motifs is 4. The predicted octanol–water partition coefficient (Wildman–Crippen LogP) is 1.50. The van der Waals surface area contributed by atoms with Crippen LogP contribution >= 0.6 is 12.6 Å². The fourth-order valence-electron chi connectivity index (χ4n) is 4.68. The lowest BCUT2D eigenvalue weighted by Gasteiger charge is -2.49. The molecule has 2 fully saturated rings. The number of carbonyl (C=O) groups is 3. The Morgan fingerprint density at radius 3 is 2.82 bits per heavy atom. The maximum absolute atomic E-state index is 13.5. The molecule has 0 aromatic heterocycles. The number of nitrogens with one attached hydrogen (secondary N) is 1. The van der Waals surface area contributed by atoms with Crippen molar-refractivity contribution in [2.24, 2.45) is 5.41 Å². The Morgan fingerprint density at radius 1 is 1.32 bits per heavy atom. The van der Waals surface area contributed by atoms with Crippen LogP contribution in [0.4, 0.5) is 16.2 Å². The highest BCUT2D eigenvalue weighted by Crippen LogP contribution is 2.48. The van der Waals surface area contributed by atoms with Gasteiger partial charge >= 0.3 is 6.03 Å². The highest BCUT2D eigenvalue weighted by molar-refractivity contribution is 7.80. The first-order valence-corrected chi connectivity index (χ1v) is 9.85. The van der Waals surface area contributed by atoms with Gasteiger partial charge in [-0.15, -0.1) is 0 Å². The smallest absolute Gasteiger partial charge is 0.330 e. The van der Waals surface area contributed by atoms with Gasteiger partial charge in [0.2, 0.25) is 11.8 Å². The van der Waals surface area contributed by atoms with Crippen LogP contribution in [-0.2, 0) is 16.0 Å². The molecule has 1 aromatic carbocycles. The van der Waals surface area contributed by atoms with Crippen molar-refractivity contribution in [3.05, 3.63) is 33.9 Å². The largest absolute Gasteiger partial charge is 0.367 e. The van der Waals surface area contributed by atoms with Gasteiger partial charge in [0.25, 0.3) is 5.69 Å². The zero-order valence-electron chi connectivity index (χ0n) is 15.1. The van der Waals surface area contributed by atoms with E-state index in [2.05, 4.69) is 17.9 Å². The Morgan fingerprint density at radius 2 is 2.11 bits per heavy atom. The van der Waals surface area contributed by atoms with E-state index >= 15 is 0 Å². The quantitative estimate of drug-likeness (QED) is 0.340. The highest BCUT2D eigenvalue weighted by atomic mass is 32.1. The number of nitro benzene ring substituents is 1. The first-order valence-electron chi connectivity index (χ1n) is 9.22. The molecule has 28 heavy (non-hydrogen) atoms. The van der Waals surface area contributed by atoms with Crippen LogP contribution < -0.4 is 10.2 Å². The summed E-state index contributed by atoms with van der Waals surface area (Å²) >= 11 is 4.13. The summed E-state index contributed by atoms with van der Waals surface area (Å²) in [7, 11) is 0. The van der Waals surface area contributed by atoms with E-state index in [-0.39, 0.29) is 24.7 Å². The van der Waals surface area contributed by atoms with Crippen molar-refractivity contribution in [1.82, 2.24) is 10.2 Å². The number of thiol groups is 1. The Labute approximate surface area is 166 Å². The third-order valence-corrected chi connectivity index (χ3v) is 6.23. The van der Waals surface area contributed by atoms with Gasteiger partial charge < -0.3 is 4.90 Å². The topological polar surface area (TPSA) is 113 Å². The highest BCUT2D eigenvalue weighted by Gasteiger charge is 2.62. The van der Waals surface area contributed by atoms with E-state index in [1.54, 1.807) is 6.07 Å². The third-order valence-electron chi connectivity index (χ3n) is 5.91. The number of barbiturate groups is 1. The van der Waals surface area contributed by atoms with Gasteiger partial charge in [0.05, 0.1) is 11.0 Å². The Hall–Kier alpha value is -2.62. The summed E-state index contributed by atoms with van der Waals surface area (Å²) in [5.41, 5.74) is -0.140. The van der Waals surface area contributed by atoms with E-state index in [4.69, 9.17) is 0 Å². The lowest BCUT2D eigenvalue weighted by Crippen LogP contribution is -2.71. The number of imide groups is 2. The summed E-state index contributed by atoms with van der Waals surface area (Å²) in [4.78, 5) is 52.6. The number of non-ortho nitro benzene ring substituents is 1. The molecular weight excluding hydrogens is 384 g/mol. The van der Waals surface area contributed by atoms with E-state index < -0.39 is 28.2 Å². The van der Waals surface area contributed by atoms with Crippen molar-refractivity contribution in [2.45, 2.75) is 31.7 Å². The first kappa shape index (κ1) is 18.7. The number of amides is 4. The molecule has 0 radical (unpaired) electrons. The predicted molar refractivity (Wildman–Crippen MR) is 103 cm³/mol. The molecule has 2 saturated heterocycles. The fourth-order valence-corrected chi connectivity index (χ4v) is 4.82. The molecule has 0 aliphatic carbocycles. The van der Waals surface area contributed by atoms with Crippen LogP contribution in [0.1, 0.15) is 24.8 Å². The minimum Gasteiger partial charge on any atom is -0.367 e. The van der Waals surface area contributed by atoms with Crippen molar-refractivity contribution in [1.29, 1.82) is 0 Å². The van der Waals surface area contributed by atoms with Gasteiger partial charge in [-0.25, -0.2) is 4.79 Å². The summed E-state index contributed by atoms with van der Waals surface area (Å²) in [6.45, 7) is 0.833. The van der Waals surface area contributed by atoms with Gasteiger partial charge in [-0.05, 0) is 36.6 Å². The van der Waals surface area contributed by atoms with Crippen molar-refractivity contribution < 1.29 is 19.3 Å². The van der Waals surface area contributed by atoms with Crippen molar-refractivity contribution >= 4 is 41.8 Å². The minimum absolute atomic E-state index is 0.0422. The first-order chi connectivity index (χ1) is 13.4. The Bertz CT molecular complexity index is 891. The van der Waals surface area contributed by atoms with Crippen LogP contribution in [0.2, 0.25) is 0 Å². The fraction of sp³-hybridized carbons (Fsp3) is 0.500. The second-order valence-corrected chi connectivity index (χ2v) is 7.81. The monoisotopic (exact) mass is 404 g/mol. The molecule has 1 aromatic rings. The van der Waals surface area contributed by atoms with Crippen molar-refractivity contribution in [3.8, 4) is 0 Å². The van der Waals surface area contributed by atoms with Crippen LogP contribution in [0.3, 0.4) is 0 Å². The second-order valence-electron chi connectivity index (χ2n) is 7.36. The molecule has 9 nitrogen and oxygen atoms in total. The second kappa shape index (κ2) is 6.77. The number of rotatable bonds is 4. The number of hydrogen-bond acceptors (Lipinski definition) is 7. The lowest BCUT2D eigenvalue weighted by molar-refractivity contribution is -0.384. The molecule has 2 atom stereocenters. The van der Waals surface area contributed by atoms with Crippen LogP contribution in [0.25, 0.3) is 0 Å². The van der Waals surface area contributed by atoms with Crippen molar-refractivity contribution in [2.75, 3.05) is 23.7 Å². The number of nitro groups is 1. The van der Waals surface area contributed by atoms with Gasteiger partial charge in [-0.3, -0.25) is 29.9 Å². The molecule has 4 rings (SSSR count). The van der Waals surface area contributed by atoms with Gasteiger partial charge in [0.15, 0.2) is 5.41 Å². The average molecular weight is 404 g/mol. The Kier molecular flexibility index (Phi) is 4.53. The van der Waals surface area contributed by atoms with Gasteiger partial charge in [-0.2, -0.15) is 12.6 Å². The lowest BCUT2D eigenvalue weighted by atomic mass is 9.68. The average Bonchev–Trinajstić information content (AvgIpc) is 3.16. The van der Waals surface area contributed by atoms with Gasteiger partial charge in [0, 0.05) is 37.3 Å². The van der Waals surface area contributed by atoms with Crippen LogP contribution in [0.15, 0.2) is 18.2 Å². The number of hydrogen-bond donors (Lipinski definition) is 2. The van der Waals surface area contributed by atoms with E-state index in [9.17, 15) is 24.5 Å². The molecule has 148 valence electrons. The zero-order valence-corrected chi connectivity index (χ0v) is 16.0. The van der Waals surface area contributed by atoms with Gasteiger partial charge in [0.1, 0.15) is 0 Å². The van der Waals surface area contributed by atoms with Crippen LogP contribution in [0.5, 0.6) is 0 Å². The summed E-state index contributed by atoms with van der Waals surface area (Å²) in [6.07, 6.45) is 2.00. The minimum atomic E-state index is -1.46. The molecule has 4 amide bonds. The van der Waals surface area contributed by atoms with Crippen LogP contribution in [-0.4, -0.2) is 52.6 Å². The van der Waals surface area contributed by atoms with E-state index in [0.29, 0.717) is 30.7 Å². The molecule has 0 bridgehead atoms. The van der Waals surface area contributed by atoms with Crippen molar-refractivity contribution in [3.63, 3.8) is 0 Å². The van der Waals surface area contributed by atoms with Crippen LogP contribution in [0, 0.1) is 15.5 Å². The number of urea groups is 1. The third kappa shape index (κ3) is 2.58. The maximum atomic E-state index is 13.5. The summed E-state index contributed by atoms with van der Waals surface area (Å²) in [5.74, 6) is -0.626. The number of anilines is 1. The molecule has 1 N–H and O–H groups in total. The summed E-state index contributed by atoms with van der Waals surface area (Å²) < 4.78 is 0. The normalized spacial score (nSPS) is 26.3.